The van der Waals surface area contributed by atoms with Crippen molar-refractivity contribution >= 4 is 21.6 Å². The second-order valence-electron chi connectivity index (χ2n) is 5.02. The average Bonchev–Trinajstić information content (AvgIpc) is 2.61. The van der Waals surface area contributed by atoms with Gasteiger partial charge < -0.3 is 14.8 Å². The van der Waals surface area contributed by atoms with Crippen molar-refractivity contribution in [2.75, 3.05) is 26.1 Å². The van der Waals surface area contributed by atoms with E-state index in [1.165, 1.54) is 38.5 Å². The van der Waals surface area contributed by atoms with Crippen LogP contribution in [-0.4, -0.2) is 35.1 Å². The number of nitrogens with one attached hydrogen (secondary N) is 2. The number of hydrogen-bond donors (Lipinski definition) is 2. The number of benzene rings is 2. The molecule has 8 heteroatoms. The van der Waals surface area contributed by atoms with E-state index in [2.05, 4.69) is 10.0 Å². The molecule has 0 unspecified atom stereocenters. The van der Waals surface area contributed by atoms with Gasteiger partial charge in [-0.3, -0.25) is 4.79 Å². The Kier molecular flexibility index (Phi) is 6.00. The lowest BCUT2D eigenvalue weighted by molar-refractivity contribution is 0.102. The van der Waals surface area contributed by atoms with Crippen molar-refractivity contribution < 1.29 is 22.7 Å². The zero-order chi connectivity index (χ0) is 18.4. The molecule has 0 radical (unpaired) electrons. The van der Waals surface area contributed by atoms with Gasteiger partial charge in [-0.15, -0.1) is 0 Å². The molecular formula is C17H20N2O5S. The van der Waals surface area contributed by atoms with Crippen LogP contribution in [0.2, 0.25) is 0 Å². The van der Waals surface area contributed by atoms with Crippen LogP contribution in [0.15, 0.2) is 47.4 Å². The molecule has 0 bridgehead atoms. The summed E-state index contributed by atoms with van der Waals surface area (Å²) in [7, 11) is -0.603. The molecule has 0 aliphatic rings. The fourth-order valence-electron chi connectivity index (χ4n) is 2.26. The van der Waals surface area contributed by atoms with Crippen molar-refractivity contribution in [1.29, 1.82) is 0 Å². The third-order valence-corrected chi connectivity index (χ3v) is 4.97. The Morgan fingerprint density at radius 1 is 1.00 bits per heavy atom. The zero-order valence-corrected chi connectivity index (χ0v) is 15.0. The summed E-state index contributed by atoms with van der Waals surface area (Å²) in [6.07, 6.45) is 0. The summed E-state index contributed by atoms with van der Waals surface area (Å²) in [5, 5.41) is 2.70. The maximum absolute atomic E-state index is 12.6. The minimum absolute atomic E-state index is 0.127. The summed E-state index contributed by atoms with van der Waals surface area (Å²) in [6.45, 7) is 2.00. The number of hydrogen-bond acceptors (Lipinski definition) is 5. The fourth-order valence-corrected chi connectivity index (χ4v) is 3.30. The number of carbonyl (C=O) groups is 1. The van der Waals surface area contributed by atoms with Gasteiger partial charge in [0.25, 0.3) is 5.91 Å². The lowest BCUT2D eigenvalue weighted by Crippen LogP contribution is -2.23. The maximum atomic E-state index is 12.6. The van der Waals surface area contributed by atoms with Gasteiger partial charge in [-0.2, -0.15) is 0 Å². The van der Waals surface area contributed by atoms with E-state index >= 15 is 0 Å². The first-order valence-corrected chi connectivity index (χ1v) is 9.03. The van der Waals surface area contributed by atoms with Crippen LogP contribution >= 0.6 is 0 Å². The molecule has 134 valence electrons. The molecule has 0 aliphatic carbocycles. The van der Waals surface area contributed by atoms with Crippen LogP contribution in [0.25, 0.3) is 0 Å². The zero-order valence-electron chi connectivity index (χ0n) is 14.2. The number of methoxy groups -OCH3 is 2. The van der Waals surface area contributed by atoms with Crippen molar-refractivity contribution in [3.8, 4) is 11.5 Å². The number of amides is 1. The Morgan fingerprint density at radius 3 is 2.04 bits per heavy atom. The summed E-state index contributed by atoms with van der Waals surface area (Å²) in [5.41, 5.74) is 0.713. The largest absolute Gasteiger partial charge is 0.496 e. The predicted molar refractivity (Wildman–Crippen MR) is 94.8 cm³/mol. The van der Waals surface area contributed by atoms with Crippen LogP contribution in [0.3, 0.4) is 0 Å². The van der Waals surface area contributed by atoms with Crippen LogP contribution in [0.5, 0.6) is 11.5 Å². The van der Waals surface area contributed by atoms with Gasteiger partial charge in [-0.05, 0) is 36.4 Å². The molecule has 0 heterocycles. The number of ether oxygens (including phenoxy) is 2. The molecule has 2 aromatic rings. The van der Waals surface area contributed by atoms with E-state index < -0.39 is 15.9 Å². The van der Waals surface area contributed by atoms with E-state index in [0.29, 0.717) is 23.7 Å². The summed E-state index contributed by atoms with van der Waals surface area (Å²) >= 11 is 0. The predicted octanol–water partition coefficient (Wildman–Crippen LogP) is 2.25. The first-order chi connectivity index (χ1) is 11.9. The van der Waals surface area contributed by atoms with Crippen molar-refractivity contribution in [1.82, 2.24) is 4.72 Å². The quantitative estimate of drug-likeness (QED) is 0.786. The van der Waals surface area contributed by atoms with Crippen molar-refractivity contribution in [2.24, 2.45) is 0 Å². The Labute approximate surface area is 147 Å². The van der Waals surface area contributed by atoms with Gasteiger partial charge in [0.05, 0.1) is 19.1 Å². The molecule has 0 saturated carbocycles. The van der Waals surface area contributed by atoms with Crippen LogP contribution in [0.1, 0.15) is 17.3 Å². The normalized spacial score (nSPS) is 11.0. The SMILES string of the molecule is CCNS(=O)(=O)c1ccc(NC(=O)c2c(OC)cccc2OC)cc1. The average molecular weight is 364 g/mol. The number of sulfonamides is 1. The third-order valence-electron chi connectivity index (χ3n) is 3.41. The van der Waals surface area contributed by atoms with Crippen molar-refractivity contribution in [3.05, 3.63) is 48.0 Å². The molecule has 0 atom stereocenters. The molecule has 2 rings (SSSR count). The highest BCUT2D eigenvalue weighted by atomic mass is 32.2. The molecule has 0 aromatic heterocycles. The van der Waals surface area contributed by atoms with Gasteiger partial charge in [0.2, 0.25) is 10.0 Å². The van der Waals surface area contributed by atoms with Gasteiger partial charge >= 0.3 is 0 Å². The first kappa shape index (κ1) is 18.8. The Bertz CT molecular complexity index is 826. The van der Waals surface area contributed by atoms with Gasteiger partial charge in [0, 0.05) is 12.2 Å². The van der Waals surface area contributed by atoms with Crippen LogP contribution in [-0.2, 0) is 10.0 Å². The molecule has 0 aliphatic heterocycles. The second kappa shape index (κ2) is 8.00. The molecule has 0 saturated heterocycles. The van der Waals surface area contributed by atoms with E-state index in [-0.39, 0.29) is 10.5 Å². The monoisotopic (exact) mass is 364 g/mol. The van der Waals surface area contributed by atoms with Gasteiger partial charge in [-0.25, -0.2) is 13.1 Å². The molecule has 0 spiro atoms. The molecule has 2 aromatic carbocycles. The van der Waals surface area contributed by atoms with E-state index in [1.54, 1.807) is 25.1 Å². The highest BCUT2D eigenvalue weighted by molar-refractivity contribution is 7.89. The fraction of sp³-hybridized carbons (Fsp3) is 0.235. The van der Waals surface area contributed by atoms with E-state index in [9.17, 15) is 13.2 Å². The highest BCUT2D eigenvalue weighted by Gasteiger charge is 2.19. The van der Waals surface area contributed by atoms with Crippen LogP contribution in [0, 0.1) is 0 Å². The topological polar surface area (TPSA) is 93.7 Å². The summed E-state index contributed by atoms with van der Waals surface area (Å²) in [5.74, 6) is 0.336. The summed E-state index contributed by atoms with van der Waals surface area (Å²) < 4.78 is 36.7. The Hall–Kier alpha value is -2.58. The minimum Gasteiger partial charge on any atom is -0.496 e. The lowest BCUT2D eigenvalue weighted by Gasteiger charge is -2.13. The molecule has 1 amide bonds. The third kappa shape index (κ3) is 4.28. The van der Waals surface area contributed by atoms with Gasteiger partial charge in [0.15, 0.2) is 0 Å². The number of carbonyl (C=O) groups excluding carboxylic acids is 1. The first-order valence-electron chi connectivity index (χ1n) is 7.55. The van der Waals surface area contributed by atoms with Crippen LogP contribution in [0.4, 0.5) is 5.69 Å². The second-order valence-corrected chi connectivity index (χ2v) is 6.78. The maximum Gasteiger partial charge on any atom is 0.263 e. The van der Waals surface area contributed by atoms with E-state index in [1.807, 2.05) is 0 Å². The minimum atomic E-state index is -3.53. The highest BCUT2D eigenvalue weighted by Crippen LogP contribution is 2.29. The smallest absolute Gasteiger partial charge is 0.263 e. The van der Waals surface area contributed by atoms with Crippen LogP contribution < -0.4 is 19.5 Å². The Morgan fingerprint density at radius 2 is 1.56 bits per heavy atom. The van der Waals surface area contributed by atoms with E-state index in [4.69, 9.17) is 9.47 Å². The number of rotatable bonds is 7. The van der Waals surface area contributed by atoms with Gasteiger partial charge in [0.1, 0.15) is 17.1 Å². The van der Waals surface area contributed by atoms with E-state index in [0.717, 1.165) is 0 Å². The molecule has 2 N–H and O–H groups in total. The Balaban J connectivity index is 2.25. The van der Waals surface area contributed by atoms with Crippen molar-refractivity contribution in [2.45, 2.75) is 11.8 Å². The van der Waals surface area contributed by atoms with Gasteiger partial charge in [-0.1, -0.05) is 13.0 Å². The summed E-state index contributed by atoms with van der Waals surface area (Å²) in [4.78, 5) is 12.7. The summed E-state index contributed by atoms with van der Waals surface area (Å²) in [6, 6.07) is 10.9. The molecular weight excluding hydrogens is 344 g/mol. The lowest BCUT2D eigenvalue weighted by atomic mass is 10.1. The molecule has 0 fully saturated rings. The van der Waals surface area contributed by atoms with Crippen molar-refractivity contribution in [3.63, 3.8) is 0 Å². The standard InChI is InChI=1S/C17H20N2O5S/c1-4-18-25(21,22)13-10-8-12(9-11-13)19-17(20)16-14(23-2)6-5-7-15(16)24-3/h5-11,18H,4H2,1-3H3,(H,19,20). The molecule has 25 heavy (non-hydrogen) atoms. The number of anilines is 1. The molecule has 7 nitrogen and oxygen atoms in total.